The summed E-state index contributed by atoms with van der Waals surface area (Å²) in [6, 6.07) is 9.95. The quantitative estimate of drug-likeness (QED) is 0.542. The minimum atomic E-state index is -0.223. The van der Waals surface area contributed by atoms with Gasteiger partial charge in [-0.2, -0.15) is 0 Å². The molecule has 0 aliphatic carbocycles. The molecule has 0 fully saturated rings. The van der Waals surface area contributed by atoms with Crippen molar-refractivity contribution in [1.82, 2.24) is 20.3 Å². The van der Waals surface area contributed by atoms with Crippen molar-refractivity contribution in [2.24, 2.45) is 0 Å². The first-order valence-corrected chi connectivity index (χ1v) is 10.3. The van der Waals surface area contributed by atoms with Crippen molar-refractivity contribution < 1.29 is 4.79 Å². The van der Waals surface area contributed by atoms with E-state index in [4.69, 9.17) is 0 Å². The van der Waals surface area contributed by atoms with Crippen molar-refractivity contribution in [3.05, 3.63) is 64.4 Å². The van der Waals surface area contributed by atoms with Gasteiger partial charge in [-0.15, -0.1) is 11.8 Å². The molecule has 0 bridgehead atoms. The van der Waals surface area contributed by atoms with Crippen LogP contribution in [0.15, 0.2) is 58.8 Å². The summed E-state index contributed by atoms with van der Waals surface area (Å²) in [5.74, 6) is 0.755. The number of amides is 1. The highest BCUT2D eigenvalue weighted by Gasteiger charge is 2.30. The minimum absolute atomic E-state index is 0.0268. The van der Waals surface area contributed by atoms with Crippen molar-refractivity contribution >= 4 is 50.5 Å². The molecule has 1 aromatic carbocycles. The Kier molecular flexibility index (Phi) is 5.45. The predicted molar refractivity (Wildman–Crippen MR) is 113 cm³/mol. The molecular weight excluding hydrogens is 426 g/mol. The summed E-state index contributed by atoms with van der Waals surface area (Å²) in [6.07, 6.45) is 6.15. The number of carbonyl (C=O) groups is 1. The van der Waals surface area contributed by atoms with Crippen LogP contribution < -0.4 is 10.6 Å². The highest BCUT2D eigenvalue weighted by molar-refractivity contribution is 9.10. The van der Waals surface area contributed by atoms with Crippen LogP contribution in [0.25, 0.3) is 11.0 Å². The van der Waals surface area contributed by atoms with Crippen molar-refractivity contribution in [3.63, 3.8) is 0 Å². The normalized spacial score (nSPS) is 18.7. The minimum Gasteiger partial charge on any atom is -0.362 e. The molecule has 27 heavy (non-hydrogen) atoms. The van der Waals surface area contributed by atoms with E-state index in [1.165, 1.54) is 23.7 Å². The molecule has 0 saturated heterocycles. The average molecular weight is 444 g/mol. The summed E-state index contributed by atoms with van der Waals surface area (Å²) in [4.78, 5) is 24.2. The summed E-state index contributed by atoms with van der Waals surface area (Å²) in [7, 11) is 0. The summed E-state index contributed by atoms with van der Waals surface area (Å²) >= 11 is 4.95. The first-order chi connectivity index (χ1) is 13.2. The van der Waals surface area contributed by atoms with E-state index in [1.807, 2.05) is 35.9 Å². The molecule has 1 aliphatic rings. The number of thioether (sulfide) groups is 1. The number of nitrogens with zero attached hydrogens (tertiary/aromatic N) is 2. The molecule has 8 heteroatoms. The molecular formula is C19H18BrN5OS. The Morgan fingerprint density at radius 3 is 2.93 bits per heavy atom. The molecule has 138 valence electrons. The van der Waals surface area contributed by atoms with E-state index in [2.05, 4.69) is 53.6 Å². The number of H-pyrrole nitrogens is 1. The number of aromatic amines is 1. The van der Waals surface area contributed by atoms with Crippen LogP contribution in [-0.4, -0.2) is 38.7 Å². The zero-order valence-electron chi connectivity index (χ0n) is 14.4. The van der Waals surface area contributed by atoms with Crippen LogP contribution in [0, 0.1) is 0 Å². The lowest BCUT2D eigenvalue weighted by atomic mass is 10.1. The Morgan fingerprint density at radius 1 is 1.22 bits per heavy atom. The van der Waals surface area contributed by atoms with Crippen LogP contribution in [0.5, 0.6) is 0 Å². The molecule has 0 radical (unpaired) electrons. The Bertz CT molecular complexity index is 972. The lowest BCUT2D eigenvalue weighted by molar-refractivity contribution is -0.120. The fraction of sp³-hybridized carbons (Fsp3) is 0.211. The first-order valence-electron chi connectivity index (χ1n) is 8.59. The molecule has 1 aliphatic heterocycles. The van der Waals surface area contributed by atoms with Gasteiger partial charge in [-0.05, 0) is 35.6 Å². The maximum Gasteiger partial charge on any atom is 0.235 e. The van der Waals surface area contributed by atoms with E-state index in [1.54, 1.807) is 0 Å². The predicted octanol–water partition coefficient (Wildman–Crippen LogP) is 3.49. The summed E-state index contributed by atoms with van der Waals surface area (Å²) in [5, 5.41) is 9.07. The van der Waals surface area contributed by atoms with Gasteiger partial charge in [-0.3, -0.25) is 4.79 Å². The van der Waals surface area contributed by atoms with Crippen LogP contribution in [0.1, 0.15) is 5.56 Å². The van der Waals surface area contributed by atoms with Gasteiger partial charge in [-0.1, -0.05) is 34.1 Å². The molecule has 2 aromatic heterocycles. The Labute approximate surface area is 169 Å². The Balaban J connectivity index is 1.36. The molecule has 3 N–H and O–H groups in total. The van der Waals surface area contributed by atoms with Crippen LogP contribution in [0.4, 0.5) is 5.82 Å². The van der Waals surface area contributed by atoms with Gasteiger partial charge in [0, 0.05) is 17.2 Å². The van der Waals surface area contributed by atoms with E-state index >= 15 is 0 Å². The number of halogens is 1. The molecule has 6 nitrogen and oxygen atoms in total. The topological polar surface area (TPSA) is 82.7 Å². The second kappa shape index (κ2) is 8.14. The van der Waals surface area contributed by atoms with Crippen molar-refractivity contribution in [2.75, 3.05) is 11.9 Å². The third-order valence-corrected chi connectivity index (χ3v) is 6.02. The molecule has 1 amide bonds. The Hall–Kier alpha value is -2.32. The third-order valence-electron chi connectivity index (χ3n) is 4.38. The van der Waals surface area contributed by atoms with Gasteiger partial charge in [0.2, 0.25) is 5.91 Å². The van der Waals surface area contributed by atoms with E-state index in [0.29, 0.717) is 6.54 Å². The zero-order valence-corrected chi connectivity index (χ0v) is 16.8. The molecule has 0 saturated carbocycles. The SMILES string of the molecule is O=C(NCCc1ccc(Br)cc1)C1SC=CC1Nc1ncnc2[nH]ccc12. The van der Waals surface area contributed by atoms with Gasteiger partial charge in [0.1, 0.15) is 23.0 Å². The molecule has 0 spiro atoms. The first kappa shape index (κ1) is 18.1. The summed E-state index contributed by atoms with van der Waals surface area (Å²) in [6.45, 7) is 0.611. The lowest BCUT2D eigenvalue weighted by Gasteiger charge is -2.20. The van der Waals surface area contributed by atoms with E-state index in [0.717, 1.165) is 27.7 Å². The van der Waals surface area contributed by atoms with E-state index < -0.39 is 0 Å². The zero-order chi connectivity index (χ0) is 18.6. The molecule has 3 heterocycles. The van der Waals surface area contributed by atoms with Gasteiger partial charge in [0.05, 0.1) is 11.4 Å². The maximum atomic E-state index is 12.6. The number of aromatic nitrogens is 3. The van der Waals surface area contributed by atoms with Gasteiger partial charge in [-0.25, -0.2) is 9.97 Å². The average Bonchev–Trinajstić information content (AvgIpc) is 3.33. The number of nitrogens with one attached hydrogen (secondary N) is 3. The number of hydrogen-bond acceptors (Lipinski definition) is 5. The Morgan fingerprint density at radius 2 is 2.07 bits per heavy atom. The number of fused-ring (bicyclic) bond motifs is 1. The van der Waals surface area contributed by atoms with Crippen molar-refractivity contribution in [3.8, 4) is 0 Å². The van der Waals surface area contributed by atoms with E-state index in [-0.39, 0.29) is 17.2 Å². The van der Waals surface area contributed by atoms with Gasteiger partial charge >= 0.3 is 0 Å². The monoisotopic (exact) mass is 443 g/mol. The number of anilines is 1. The van der Waals surface area contributed by atoms with Crippen molar-refractivity contribution in [1.29, 1.82) is 0 Å². The second-order valence-corrected chi connectivity index (χ2v) is 8.15. The van der Waals surface area contributed by atoms with E-state index in [9.17, 15) is 4.79 Å². The molecule has 3 aromatic rings. The molecule has 4 rings (SSSR count). The maximum absolute atomic E-state index is 12.6. The van der Waals surface area contributed by atoms with Gasteiger partial charge in [0.25, 0.3) is 0 Å². The number of carbonyl (C=O) groups excluding carboxylic acids is 1. The highest BCUT2D eigenvalue weighted by Crippen LogP contribution is 2.28. The van der Waals surface area contributed by atoms with Crippen molar-refractivity contribution in [2.45, 2.75) is 17.7 Å². The molecule has 2 unspecified atom stereocenters. The number of rotatable bonds is 6. The third kappa shape index (κ3) is 4.17. The standard InChI is InChI=1S/C19H18BrN5OS/c20-13-3-1-12(2-4-13)5-8-22-19(26)16-15(7-10-27-16)25-18-14-6-9-21-17(14)23-11-24-18/h1-4,6-7,9-11,15-16H,5,8H2,(H,22,26)(H2,21,23,24,25). The van der Waals surface area contributed by atoms with Gasteiger partial charge in [0.15, 0.2) is 0 Å². The van der Waals surface area contributed by atoms with Crippen LogP contribution in [0.3, 0.4) is 0 Å². The lowest BCUT2D eigenvalue weighted by Crippen LogP contribution is -2.41. The second-order valence-electron chi connectivity index (χ2n) is 6.19. The summed E-state index contributed by atoms with van der Waals surface area (Å²) in [5.41, 5.74) is 1.97. The van der Waals surface area contributed by atoms with Crippen LogP contribution in [-0.2, 0) is 11.2 Å². The number of benzene rings is 1. The fourth-order valence-electron chi connectivity index (χ4n) is 2.98. The highest BCUT2D eigenvalue weighted by atomic mass is 79.9. The summed E-state index contributed by atoms with van der Waals surface area (Å²) < 4.78 is 1.05. The number of hydrogen-bond donors (Lipinski definition) is 3. The smallest absolute Gasteiger partial charge is 0.235 e. The van der Waals surface area contributed by atoms with Gasteiger partial charge < -0.3 is 15.6 Å². The largest absolute Gasteiger partial charge is 0.362 e. The molecule has 2 atom stereocenters. The van der Waals surface area contributed by atoms with Crippen LogP contribution in [0.2, 0.25) is 0 Å². The fourth-order valence-corrected chi connectivity index (χ4v) is 4.20. The van der Waals surface area contributed by atoms with Crippen LogP contribution >= 0.6 is 27.7 Å².